The van der Waals surface area contributed by atoms with Crippen LogP contribution in [0.3, 0.4) is 0 Å². The summed E-state index contributed by atoms with van der Waals surface area (Å²) in [5, 5.41) is 23.4. The molecular formula is C26H31F3N4O. The summed E-state index contributed by atoms with van der Waals surface area (Å²) < 4.78 is 39.4. The quantitative estimate of drug-likeness (QED) is 0.567. The molecule has 4 aliphatic carbocycles. The first-order valence-electron chi connectivity index (χ1n) is 12.7. The summed E-state index contributed by atoms with van der Waals surface area (Å²) in [6.45, 7) is 2.19. The van der Waals surface area contributed by atoms with E-state index < -0.39 is 17.5 Å². The Morgan fingerprint density at radius 1 is 0.912 bits per heavy atom. The van der Waals surface area contributed by atoms with Crippen LogP contribution in [0.4, 0.5) is 19.0 Å². The number of benzene rings is 1. The predicted molar refractivity (Wildman–Crippen MR) is 124 cm³/mol. The Hall–Kier alpha value is -2.35. The van der Waals surface area contributed by atoms with Crippen LogP contribution in [0, 0.1) is 0 Å². The number of alkyl halides is 3. The molecule has 7 rings (SSSR count). The minimum Gasteiger partial charge on any atom is -0.507 e. The maximum absolute atomic E-state index is 13.1. The summed E-state index contributed by atoms with van der Waals surface area (Å²) in [7, 11) is 0. The van der Waals surface area contributed by atoms with E-state index >= 15 is 0 Å². The summed E-state index contributed by atoms with van der Waals surface area (Å²) >= 11 is 0. The van der Waals surface area contributed by atoms with Gasteiger partial charge in [0.15, 0.2) is 5.82 Å². The Balaban J connectivity index is 1.35. The summed E-state index contributed by atoms with van der Waals surface area (Å²) in [6.07, 6.45) is 6.04. The normalized spacial score (nSPS) is 27.3. The maximum Gasteiger partial charge on any atom is 0.416 e. The molecule has 5 nitrogen and oxygen atoms in total. The fourth-order valence-electron chi connectivity index (χ4n) is 6.58. The van der Waals surface area contributed by atoms with Gasteiger partial charge in [-0.05, 0) is 93.5 Å². The third-order valence-corrected chi connectivity index (χ3v) is 8.56. The maximum atomic E-state index is 13.1. The van der Waals surface area contributed by atoms with E-state index in [1.54, 1.807) is 0 Å². The molecule has 2 aromatic rings. The summed E-state index contributed by atoms with van der Waals surface area (Å²) in [5.74, 6) is 1.15. The molecule has 0 radical (unpaired) electrons. The first-order valence-corrected chi connectivity index (χ1v) is 12.7. The number of anilines is 1. The second-order valence-corrected chi connectivity index (χ2v) is 10.6. The topological polar surface area (TPSA) is 61.3 Å². The van der Waals surface area contributed by atoms with Gasteiger partial charge in [0.25, 0.3) is 0 Å². The van der Waals surface area contributed by atoms with Gasteiger partial charge >= 0.3 is 6.18 Å². The van der Waals surface area contributed by atoms with Crippen LogP contribution in [0.15, 0.2) is 18.2 Å². The number of phenols is 1. The highest BCUT2D eigenvalue weighted by molar-refractivity contribution is 5.74. The SMILES string of the molecule is Oc1cc(C(F)(F)F)ccc1-c1nnc(N[C@@H]2CCCN(C3CCC3)C2)c2c1C1CCC2CC1. The third-order valence-electron chi connectivity index (χ3n) is 8.56. The second kappa shape index (κ2) is 8.40. The van der Waals surface area contributed by atoms with E-state index in [-0.39, 0.29) is 0 Å². The Morgan fingerprint density at radius 3 is 2.29 bits per heavy atom. The van der Waals surface area contributed by atoms with Gasteiger partial charge in [-0.3, -0.25) is 4.90 Å². The first-order chi connectivity index (χ1) is 16.4. The molecule has 1 aromatic heterocycles. The predicted octanol–water partition coefficient (Wildman–Crippen LogP) is 6.05. The number of piperidine rings is 1. The second-order valence-electron chi connectivity index (χ2n) is 10.6. The van der Waals surface area contributed by atoms with E-state index in [0.29, 0.717) is 29.1 Å². The van der Waals surface area contributed by atoms with Crippen molar-refractivity contribution in [2.45, 2.75) is 87.9 Å². The van der Waals surface area contributed by atoms with Crippen molar-refractivity contribution < 1.29 is 18.3 Å². The number of nitrogens with zero attached hydrogens (tertiary/aromatic N) is 3. The number of aromatic nitrogens is 2. The molecule has 182 valence electrons. The lowest BCUT2D eigenvalue weighted by atomic mass is 9.66. The van der Waals surface area contributed by atoms with E-state index in [9.17, 15) is 18.3 Å². The van der Waals surface area contributed by atoms with Crippen molar-refractivity contribution >= 4 is 5.82 Å². The number of hydrogen-bond donors (Lipinski definition) is 2. The van der Waals surface area contributed by atoms with Crippen molar-refractivity contribution in [3.63, 3.8) is 0 Å². The van der Waals surface area contributed by atoms with Gasteiger partial charge in [-0.15, -0.1) is 10.2 Å². The minimum absolute atomic E-state index is 0.311. The largest absolute Gasteiger partial charge is 0.507 e. The minimum atomic E-state index is -4.50. The number of nitrogens with one attached hydrogen (secondary N) is 1. The number of halogens is 3. The molecule has 34 heavy (non-hydrogen) atoms. The molecule has 0 spiro atoms. The van der Waals surface area contributed by atoms with Crippen LogP contribution in [0.1, 0.15) is 86.3 Å². The standard InChI is InChI=1S/C26H31F3N4O/c27-26(28,29)17-10-11-20(21(34)13-17)24-22-15-6-8-16(9-7-15)23(22)25(32-31-24)30-18-3-2-12-33(14-18)19-4-1-5-19/h10-11,13,15-16,18-19,34H,1-9,12,14H2,(H,30,32)/t15?,16?,18-/m1/s1. The molecule has 2 bridgehead atoms. The van der Waals surface area contributed by atoms with Crippen LogP contribution in [0.2, 0.25) is 0 Å². The molecule has 0 unspecified atom stereocenters. The molecule has 1 atom stereocenters. The van der Waals surface area contributed by atoms with Crippen molar-refractivity contribution in [3.05, 3.63) is 34.9 Å². The van der Waals surface area contributed by atoms with E-state index in [0.717, 1.165) is 68.2 Å². The van der Waals surface area contributed by atoms with Crippen LogP contribution in [-0.2, 0) is 6.18 Å². The summed E-state index contributed by atoms with van der Waals surface area (Å²) in [6, 6.07) is 4.22. The Labute approximate surface area is 197 Å². The van der Waals surface area contributed by atoms with Crippen molar-refractivity contribution in [2.24, 2.45) is 0 Å². The van der Waals surface area contributed by atoms with Gasteiger partial charge in [0, 0.05) is 29.8 Å². The molecule has 2 saturated carbocycles. The van der Waals surface area contributed by atoms with Gasteiger partial charge in [0.2, 0.25) is 0 Å². The van der Waals surface area contributed by atoms with Crippen molar-refractivity contribution in [1.29, 1.82) is 0 Å². The highest BCUT2D eigenvalue weighted by atomic mass is 19.4. The molecule has 1 saturated heterocycles. The lowest BCUT2D eigenvalue weighted by molar-refractivity contribution is -0.137. The molecule has 0 amide bonds. The smallest absolute Gasteiger partial charge is 0.416 e. The van der Waals surface area contributed by atoms with E-state index in [1.165, 1.54) is 43.9 Å². The molecule has 1 aliphatic heterocycles. The van der Waals surface area contributed by atoms with Gasteiger partial charge in [0.05, 0.1) is 5.56 Å². The molecule has 2 N–H and O–H groups in total. The highest BCUT2D eigenvalue weighted by Gasteiger charge is 2.40. The number of rotatable bonds is 4. The highest BCUT2D eigenvalue weighted by Crippen LogP contribution is 2.54. The van der Waals surface area contributed by atoms with Gasteiger partial charge in [-0.1, -0.05) is 6.42 Å². The van der Waals surface area contributed by atoms with E-state index in [4.69, 9.17) is 0 Å². The van der Waals surface area contributed by atoms with Crippen LogP contribution in [0.25, 0.3) is 11.3 Å². The molecule has 3 fully saturated rings. The van der Waals surface area contributed by atoms with Crippen molar-refractivity contribution in [1.82, 2.24) is 15.1 Å². The Kier molecular flexibility index (Phi) is 5.47. The van der Waals surface area contributed by atoms with Crippen LogP contribution >= 0.6 is 0 Å². The molecular weight excluding hydrogens is 441 g/mol. The zero-order chi connectivity index (χ0) is 23.4. The lowest BCUT2D eigenvalue weighted by Crippen LogP contribution is -2.49. The monoisotopic (exact) mass is 472 g/mol. The average Bonchev–Trinajstić information content (AvgIpc) is 2.79. The number of fused-ring (bicyclic) bond motifs is 2. The fraction of sp³-hybridized carbons (Fsp3) is 0.615. The zero-order valence-electron chi connectivity index (χ0n) is 19.2. The number of phenolic OH excluding ortho intramolecular Hbond substituents is 1. The number of likely N-dealkylation sites (tertiary alicyclic amines) is 1. The fourth-order valence-corrected chi connectivity index (χ4v) is 6.58. The third kappa shape index (κ3) is 3.84. The number of hydrogen-bond acceptors (Lipinski definition) is 5. The van der Waals surface area contributed by atoms with Crippen LogP contribution in [-0.4, -0.2) is 45.4 Å². The Morgan fingerprint density at radius 2 is 1.65 bits per heavy atom. The summed E-state index contributed by atoms with van der Waals surface area (Å²) in [4.78, 5) is 2.62. The van der Waals surface area contributed by atoms with Crippen molar-refractivity contribution in [3.8, 4) is 17.0 Å². The van der Waals surface area contributed by atoms with Crippen LogP contribution < -0.4 is 5.32 Å². The first kappa shape index (κ1) is 22.1. The molecule has 5 aliphatic rings. The van der Waals surface area contributed by atoms with Gasteiger partial charge in [-0.2, -0.15) is 13.2 Å². The summed E-state index contributed by atoms with van der Waals surface area (Å²) in [5.41, 5.74) is 2.29. The lowest BCUT2D eigenvalue weighted by Gasteiger charge is -2.43. The Bertz CT molecular complexity index is 1080. The molecule has 8 heteroatoms. The van der Waals surface area contributed by atoms with Gasteiger partial charge < -0.3 is 10.4 Å². The number of aromatic hydroxyl groups is 1. The van der Waals surface area contributed by atoms with E-state index in [2.05, 4.69) is 20.4 Å². The van der Waals surface area contributed by atoms with Crippen LogP contribution in [0.5, 0.6) is 5.75 Å². The molecule has 1 aromatic carbocycles. The van der Waals surface area contributed by atoms with Crippen molar-refractivity contribution in [2.75, 3.05) is 18.4 Å². The van der Waals surface area contributed by atoms with Gasteiger partial charge in [-0.25, -0.2) is 0 Å². The zero-order valence-corrected chi connectivity index (χ0v) is 19.2. The van der Waals surface area contributed by atoms with Gasteiger partial charge in [0.1, 0.15) is 11.4 Å². The molecule has 2 heterocycles. The average molecular weight is 473 g/mol. The van der Waals surface area contributed by atoms with E-state index in [1.807, 2.05) is 0 Å².